The van der Waals surface area contributed by atoms with Crippen LogP contribution < -0.4 is 66.2 Å². The lowest BCUT2D eigenvalue weighted by Crippen LogP contribution is -2.17. The second-order valence-electron chi connectivity index (χ2n) is 29.5. The minimum atomic E-state index is -4.81. The number of carbonyl (C=O) groups excluding carboxylic acids is 4. The van der Waals surface area contributed by atoms with Gasteiger partial charge in [-0.3, -0.25) is 40.4 Å². The number of benzene rings is 12. The average Bonchev–Trinajstić information content (AvgIpc) is 1.69. The van der Waals surface area contributed by atoms with Crippen molar-refractivity contribution < 1.29 is 69.2 Å². The number of rotatable bonds is 30. The van der Waals surface area contributed by atoms with Gasteiger partial charge in [0.25, 0.3) is 23.6 Å². The largest absolute Gasteiger partial charge is 0.573 e. The van der Waals surface area contributed by atoms with Crippen molar-refractivity contribution in [3.63, 3.8) is 0 Å². The molecule has 0 spiro atoms. The normalized spacial score (nSPS) is 10.9. The molecular weight excluding hydrogens is 1790 g/mol. The number of halogens is 8. The summed E-state index contributed by atoms with van der Waals surface area (Å²) < 4.78 is 105. The van der Waals surface area contributed by atoms with Gasteiger partial charge in [0.1, 0.15) is 28.7 Å². The quantitative estimate of drug-likeness (QED) is 0.0194. The molecule has 0 bridgehead atoms. The van der Waals surface area contributed by atoms with E-state index in [-0.39, 0.29) is 47.1 Å². The summed E-state index contributed by atoms with van der Waals surface area (Å²) in [5.74, 6) is 2.02. The van der Waals surface area contributed by atoms with Gasteiger partial charge in [0.2, 0.25) is 47.6 Å². The Morgan fingerprint density at radius 2 is 0.644 bits per heavy atom. The first-order valence-corrected chi connectivity index (χ1v) is 42.3. The van der Waals surface area contributed by atoms with E-state index >= 15 is 0 Å². The minimum Gasteiger partial charge on any atom is -0.497 e. The molecule has 0 aliphatic heterocycles. The van der Waals surface area contributed by atoms with Crippen LogP contribution in [0.25, 0.3) is 22.7 Å². The van der Waals surface area contributed by atoms with Crippen molar-refractivity contribution >= 4 is 94.4 Å². The molecule has 0 saturated heterocycles. The molecule has 0 saturated carbocycles. The lowest BCUT2D eigenvalue weighted by atomic mass is 10.1. The van der Waals surface area contributed by atoms with Crippen LogP contribution >= 0.6 is 23.2 Å². The zero-order valence-electron chi connectivity index (χ0n) is 73.4. The Balaban J connectivity index is 0.000000153. The third kappa shape index (κ3) is 27.3. The number of alkyl halides is 6. The molecule has 16 aromatic rings. The number of methoxy groups -OCH3 is 3. The molecule has 4 heterocycles. The highest BCUT2D eigenvalue weighted by Gasteiger charge is 2.33. The molecule has 29 nitrogen and oxygen atoms in total. The molecule has 0 fully saturated rings. The molecule has 135 heavy (non-hydrogen) atoms. The topological polar surface area (TPSA) is 334 Å². The zero-order chi connectivity index (χ0) is 95.5. The van der Waals surface area contributed by atoms with Gasteiger partial charge in [-0.15, -0.1) is 46.7 Å². The summed E-state index contributed by atoms with van der Waals surface area (Å²) in [4.78, 5) is 69.4. The predicted octanol–water partition coefficient (Wildman–Crippen LogP) is 20.9. The Hall–Kier alpha value is -16.6. The predicted molar refractivity (Wildman–Crippen MR) is 505 cm³/mol. The second kappa shape index (κ2) is 45.3. The van der Waals surface area contributed by atoms with Crippen LogP contribution in [0.5, 0.6) is 28.7 Å². The highest BCUT2D eigenvalue weighted by molar-refractivity contribution is 6.31. The van der Waals surface area contributed by atoms with E-state index in [0.717, 1.165) is 86.8 Å². The van der Waals surface area contributed by atoms with Crippen LogP contribution in [-0.4, -0.2) is 123 Å². The van der Waals surface area contributed by atoms with Gasteiger partial charge in [-0.25, -0.2) is 0 Å². The molecule has 8 N–H and O–H groups in total. The maximum absolute atomic E-state index is 12.9. The maximum atomic E-state index is 12.9. The van der Waals surface area contributed by atoms with Gasteiger partial charge in [0.15, 0.2) is 0 Å². The number of amides is 4. The van der Waals surface area contributed by atoms with Crippen LogP contribution in [-0.2, 0) is 26.1 Å². The van der Waals surface area contributed by atoms with Gasteiger partial charge in [-0.2, -0.15) is 38.7 Å². The van der Waals surface area contributed by atoms with Crippen LogP contribution in [0.15, 0.2) is 297 Å². The van der Waals surface area contributed by atoms with Gasteiger partial charge in [0.05, 0.1) is 44.1 Å². The van der Waals surface area contributed by atoms with Gasteiger partial charge in [-0.05, 0) is 225 Å². The van der Waals surface area contributed by atoms with E-state index in [1.54, 1.807) is 105 Å². The first-order valence-electron chi connectivity index (χ1n) is 41.6. The number of carbonyl (C=O) groups is 4. The number of aromatic nitrogens is 12. The highest BCUT2D eigenvalue weighted by Crippen LogP contribution is 2.31. The summed E-state index contributed by atoms with van der Waals surface area (Å²) in [6.07, 6.45) is -8.78. The molecular formula is C98H88Cl2F6N20O9. The van der Waals surface area contributed by atoms with Crippen molar-refractivity contribution in [2.45, 2.75) is 66.5 Å². The first kappa shape index (κ1) is 96.0. The third-order valence-corrected chi connectivity index (χ3v) is 20.5. The van der Waals surface area contributed by atoms with E-state index in [0.29, 0.717) is 105 Å². The Labute approximate surface area is 780 Å². The zero-order valence-corrected chi connectivity index (χ0v) is 74.9. The number of nitrogens with one attached hydrogen (secondary N) is 8. The molecule has 4 amide bonds. The molecule has 4 aromatic heterocycles. The fourth-order valence-electron chi connectivity index (χ4n) is 13.2. The number of ether oxygens (including phenoxy) is 5. The molecule has 690 valence electrons. The number of nitrogens with zero attached hydrogens (tertiary/aromatic N) is 12. The van der Waals surface area contributed by atoms with Crippen molar-refractivity contribution in [2.24, 2.45) is 0 Å². The Kier molecular flexibility index (Phi) is 32.2. The average molecular weight is 1870 g/mol. The monoisotopic (exact) mass is 1870 g/mol. The Bertz CT molecular complexity index is 6730. The number of anilines is 8. The summed E-state index contributed by atoms with van der Waals surface area (Å²) >= 11 is 12.1. The highest BCUT2D eigenvalue weighted by atomic mass is 35.5. The molecule has 16 rings (SSSR count). The summed E-state index contributed by atoms with van der Waals surface area (Å²) in [7, 11) is 4.75. The van der Waals surface area contributed by atoms with Crippen molar-refractivity contribution in [1.82, 2.24) is 59.1 Å². The molecule has 0 atom stereocenters. The van der Waals surface area contributed by atoms with Crippen LogP contribution in [0.3, 0.4) is 0 Å². The van der Waals surface area contributed by atoms with E-state index in [1.807, 2.05) is 190 Å². The number of aryl methyl sites for hydroxylation is 4. The fraction of sp³-hybridized carbons (Fsp3) is 0.143. The van der Waals surface area contributed by atoms with Crippen molar-refractivity contribution in [1.29, 1.82) is 0 Å². The van der Waals surface area contributed by atoms with Crippen LogP contribution in [0, 0.1) is 27.7 Å². The van der Waals surface area contributed by atoms with Gasteiger partial charge in [0, 0.05) is 64.0 Å². The minimum absolute atomic E-state index is 0.0790. The van der Waals surface area contributed by atoms with E-state index in [4.69, 9.17) is 37.4 Å². The van der Waals surface area contributed by atoms with Gasteiger partial charge < -0.3 is 45.0 Å². The Morgan fingerprint density at radius 1 is 0.319 bits per heavy atom. The number of hydrogen-bond acceptors (Lipinski definition) is 21. The molecule has 0 aliphatic carbocycles. The lowest BCUT2D eigenvalue weighted by molar-refractivity contribution is -0.275. The van der Waals surface area contributed by atoms with Crippen LogP contribution in [0.1, 0.15) is 85.9 Å². The van der Waals surface area contributed by atoms with Crippen molar-refractivity contribution in [2.75, 3.05) is 70.4 Å². The standard InChI is InChI=1S/2C25H22F3N5O3.C24H22ClN5O2.C24H22ClN5O/c1-16-7-3-5-9-20(16)22(34)30-24-31-23(29-15-17-8-4-6-10-21(17)35-2)32-33(24)18-11-13-19(14-12-18)36-25(26,27)28;1-16-6-3-4-9-21(16)22(34)30-24-31-23(29-15-17-7-5-8-20(14-17)35-2)32-33(24)18-10-12-19(13-11-18)36-25(26,27)28;1-16-6-3-4-9-21(16)22(31)27-24-28-23(26-15-17-7-5-8-18(25)14-17)29-30(24)19-10-12-20(32-2)13-11-19;1-17-7-5-6-10-21(17)22(31)27-24-28-23(26-16-15-18-8-3-2-4-9-18)29-30(24)20-13-11-19(25)12-14-20/h2*3-14H,15H2,1-2H3,(H2,29,30,31,32,34);3-14H,15H2,1-2H3,(H2,26,27,28,29,31);2-14H,15-16H2,1H3,(H2,26,27,28,29,31). The number of hydrogen-bond donors (Lipinski definition) is 8. The SMILES string of the molecule is COc1ccc(-n2nc(NCc3cccc(Cl)c3)nc2NC(=O)c2ccccc2C)cc1.COc1cccc(CNc2nc(NC(=O)c3ccccc3C)n(-c3ccc(OC(F)(F)F)cc3)n2)c1.COc1ccccc1CNc1nc(NC(=O)c2ccccc2C)n(-c2ccc(OC(F)(F)F)cc2)n1.Cc1ccccc1C(=O)Nc1nc(NCCc2ccccc2)nn1-c1ccc(Cl)cc1. The Morgan fingerprint density at radius 3 is 1.01 bits per heavy atom. The second-order valence-corrected chi connectivity index (χ2v) is 30.4. The summed E-state index contributed by atoms with van der Waals surface area (Å²) in [5.41, 5.74) is 11.5. The van der Waals surface area contributed by atoms with Gasteiger partial charge >= 0.3 is 12.7 Å². The van der Waals surface area contributed by atoms with E-state index in [2.05, 4.69) is 104 Å². The molecule has 37 heteroatoms. The maximum Gasteiger partial charge on any atom is 0.573 e. The summed E-state index contributed by atoms with van der Waals surface area (Å²) in [6, 6.07) is 86.1. The number of para-hydroxylation sites is 1. The summed E-state index contributed by atoms with van der Waals surface area (Å²) in [5, 5.41) is 43.0. The van der Waals surface area contributed by atoms with Crippen LogP contribution in [0.4, 0.5) is 73.9 Å². The molecule has 0 unspecified atom stereocenters. The van der Waals surface area contributed by atoms with E-state index in [9.17, 15) is 45.5 Å². The molecule has 0 radical (unpaired) electrons. The van der Waals surface area contributed by atoms with Gasteiger partial charge in [-0.1, -0.05) is 169 Å². The third-order valence-electron chi connectivity index (χ3n) is 20.0. The fourth-order valence-corrected chi connectivity index (χ4v) is 13.6. The molecule has 12 aromatic carbocycles. The first-order chi connectivity index (χ1) is 65.1. The van der Waals surface area contributed by atoms with E-state index in [1.165, 1.54) is 39.2 Å². The summed E-state index contributed by atoms with van der Waals surface area (Å²) in [6.45, 7) is 9.25. The van der Waals surface area contributed by atoms with Crippen molar-refractivity contribution in [3.05, 3.63) is 374 Å². The lowest BCUT2D eigenvalue weighted by Gasteiger charge is -2.11. The smallest absolute Gasteiger partial charge is 0.497 e. The van der Waals surface area contributed by atoms with Crippen LogP contribution in [0.2, 0.25) is 10.0 Å². The van der Waals surface area contributed by atoms with E-state index < -0.39 is 24.5 Å². The van der Waals surface area contributed by atoms with Crippen molar-refractivity contribution in [3.8, 4) is 51.5 Å². The molecule has 0 aliphatic rings.